The first-order valence-corrected chi connectivity index (χ1v) is 7.57. The number of thioether (sulfide) groups is 1. The summed E-state index contributed by atoms with van der Waals surface area (Å²) in [5.74, 6) is 1.33. The Labute approximate surface area is 132 Å². The van der Waals surface area contributed by atoms with Crippen molar-refractivity contribution in [3.63, 3.8) is 0 Å². The lowest BCUT2D eigenvalue weighted by Gasteiger charge is -2.07. The summed E-state index contributed by atoms with van der Waals surface area (Å²) in [4.78, 5) is 8.53. The number of aryl methyl sites for hydroxylation is 2. The summed E-state index contributed by atoms with van der Waals surface area (Å²) in [6.45, 7) is 3.63. The van der Waals surface area contributed by atoms with Crippen LogP contribution in [0.25, 0.3) is 0 Å². The third-order valence-electron chi connectivity index (χ3n) is 2.64. The molecule has 20 heavy (non-hydrogen) atoms. The summed E-state index contributed by atoms with van der Waals surface area (Å²) in [5, 5.41) is 10.9. The van der Waals surface area contributed by atoms with E-state index in [2.05, 4.69) is 16.0 Å². The van der Waals surface area contributed by atoms with Gasteiger partial charge in [-0.25, -0.2) is 9.97 Å². The average Bonchev–Trinajstić information content (AvgIpc) is 2.39. The standard InChI is InChI=1S/C14H11Cl2N3S/c1-8-11(6-17)14(19-9(2)18-8)20-7-10-3-4-12(15)13(16)5-10/h3-5H,7H2,1-2H3. The van der Waals surface area contributed by atoms with Gasteiger partial charge in [-0.05, 0) is 31.5 Å². The van der Waals surface area contributed by atoms with E-state index in [1.807, 2.05) is 26.0 Å². The van der Waals surface area contributed by atoms with Crippen molar-refractivity contribution in [2.24, 2.45) is 0 Å². The molecule has 0 bridgehead atoms. The van der Waals surface area contributed by atoms with E-state index in [0.717, 1.165) is 5.56 Å². The van der Waals surface area contributed by atoms with Crippen LogP contribution in [-0.4, -0.2) is 9.97 Å². The summed E-state index contributed by atoms with van der Waals surface area (Å²) in [6, 6.07) is 7.65. The molecule has 1 aromatic carbocycles. The van der Waals surface area contributed by atoms with Crippen LogP contribution in [0.3, 0.4) is 0 Å². The van der Waals surface area contributed by atoms with Crippen molar-refractivity contribution >= 4 is 35.0 Å². The number of rotatable bonds is 3. The van der Waals surface area contributed by atoms with Crippen LogP contribution in [-0.2, 0) is 5.75 Å². The molecule has 102 valence electrons. The fourth-order valence-corrected chi connectivity index (χ4v) is 3.03. The molecule has 0 aliphatic heterocycles. The fourth-order valence-electron chi connectivity index (χ4n) is 1.70. The molecule has 0 saturated carbocycles. The number of nitriles is 1. The quantitative estimate of drug-likeness (QED) is 0.613. The normalized spacial score (nSPS) is 10.3. The molecule has 0 saturated heterocycles. The number of nitrogens with zero attached hydrogens (tertiary/aromatic N) is 3. The number of halogens is 2. The fraction of sp³-hybridized carbons (Fsp3) is 0.214. The molecule has 0 N–H and O–H groups in total. The lowest BCUT2D eigenvalue weighted by Crippen LogP contribution is -1.99. The van der Waals surface area contributed by atoms with Gasteiger partial charge in [0.15, 0.2) is 0 Å². The largest absolute Gasteiger partial charge is 0.237 e. The van der Waals surface area contributed by atoms with Gasteiger partial charge in [0.05, 0.1) is 15.7 Å². The first-order valence-electron chi connectivity index (χ1n) is 5.83. The first-order chi connectivity index (χ1) is 9.51. The maximum absolute atomic E-state index is 9.19. The van der Waals surface area contributed by atoms with E-state index in [1.54, 1.807) is 6.07 Å². The van der Waals surface area contributed by atoms with Gasteiger partial charge < -0.3 is 0 Å². The monoisotopic (exact) mass is 323 g/mol. The maximum Gasteiger partial charge on any atom is 0.126 e. The Morgan fingerprint density at radius 3 is 2.60 bits per heavy atom. The van der Waals surface area contributed by atoms with Gasteiger partial charge in [0.2, 0.25) is 0 Å². The molecule has 3 nitrogen and oxygen atoms in total. The van der Waals surface area contributed by atoms with E-state index in [-0.39, 0.29) is 0 Å². The van der Waals surface area contributed by atoms with Crippen LogP contribution in [0.4, 0.5) is 0 Å². The van der Waals surface area contributed by atoms with Gasteiger partial charge in [0, 0.05) is 5.75 Å². The van der Waals surface area contributed by atoms with Gasteiger partial charge in [0.1, 0.15) is 22.5 Å². The van der Waals surface area contributed by atoms with Crippen LogP contribution in [0.15, 0.2) is 23.2 Å². The van der Waals surface area contributed by atoms with Crippen LogP contribution in [0.1, 0.15) is 22.6 Å². The Morgan fingerprint density at radius 2 is 1.95 bits per heavy atom. The molecule has 1 aromatic heterocycles. The molecule has 0 unspecified atom stereocenters. The Morgan fingerprint density at radius 1 is 1.20 bits per heavy atom. The molecular weight excluding hydrogens is 313 g/mol. The minimum Gasteiger partial charge on any atom is -0.237 e. The van der Waals surface area contributed by atoms with Crippen molar-refractivity contribution in [1.82, 2.24) is 9.97 Å². The Hall–Kier alpha value is -1.28. The van der Waals surface area contributed by atoms with Crippen LogP contribution in [0.2, 0.25) is 10.0 Å². The zero-order valence-electron chi connectivity index (χ0n) is 10.9. The van der Waals surface area contributed by atoms with Crippen LogP contribution >= 0.6 is 35.0 Å². The molecule has 2 rings (SSSR count). The average molecular weight is 324 g/mol. The third kappa shape index (κ3) is 3.43. The van der Waals surface area contributed by atoms with Crippen molar-refractivity contribution in [2.45, 2.75) is 24.6 Å². The Kier molecular flexibility index (Phi) is 4.87. The molecular formula is C14H11Cl2N3S. The van der Waals surface area contributed by atoms with E-state index in [4.69, 9.17) is 23.2 Å². The SMILES string of the molecule is Cc1nc(C)c(C#N)c(SCc2ccc(Cl)c(Cl)c2)n1. The van der Waals surface area contributed by atoms with Crippen LogP contribution < -0.4 is 0 Å². The lowest BCUT2D eigenvalue weighted by atomic mass is 10.2. The maximum atomic E-state index is 9.19. The highest BCUT2D eigenvalue weighted by molar-refractivity contribution is 7.98. The molecule has 0 aliphatic rings. The smallest absolute Gasteiger partial charge is 0.126 e. The molecule has 2 aromatic rings. The van der Waals surface area contributed by atoms with Gasteiger partial charge >= 0.3 is 0 Å². The van der Waals surface area contributed by atoms with Gasteiger partial charge in [0.25, 0.3) is 0 Å². The predicted octanol–water partition coefficient (Wildman–Crippen LogP) is 4.56. The summed E-state index contributed by atoms with van der Waals surface area (Å²) < 4.78 is 0. The highest BCUT2D eigenvalue weighted by Crippen LogP contribution is 2.28. The zero-order chi connectivity index (χ0) is 14.7. The molecule has 0 aliphatic carbocycles. The van der Waals surface area contributed by atoms with E-state index in [1.165, 1.54) is 11.8 Å². The van der Waals surface area contributed by atoms with Gasteiger partial charge in [-0.1, -0.05) is 29.3 Å². The zero-order valence-corrected chi connectivity index (χ0v) is 13.3. The van der Waals surface area contributed by atoms with E-state index < -0.39 is 0 Å². The molecule has 0 fully saturated rings. The summed E-state index contributed by atoms with van der Waals surface area (Å²) >= 11 is 13.4. The number of hydrogen-bond donors (Lipinski definition) is 0. The van der Waals surface area contributed by atoms with E-state index in [0.29, 0.717) is 37.9 Å². The minimum absolute atomic E-state index is 0.528. The second kappa shape index (κ2) is 6.45. The molecule has 0 atom stereocenters. The third-order valence-corrected chi connectivity index (χ3v) is 4.43. The summed E-state index contributed by atoms with van der Waals surface area (Å²) in [5.41, 5.74) is 2.26. The highest BCUT2D eigenvalue weighted by atomic mass is 35.5. The van der Waals surface area contributed by atoms with Gasteiger partial charge in [-0.15, -0.1) is 11.8 Å². The topological polar surface area (TPSA) is 49.6 Å². The summed E-state index contributed by atoms with van der Waals surface area (Å²) in [7, 11) is 0. The second-order valence-corrected chi connectivity index (χ2v) is 5.96. The van der Waals surface area contributed by atoms with Crippen molar-refractivity contribution in [2.75, 3.05) is 0 Å². The molecule has 0 amide bonds. The van der Waals surface area contributed by atoms with E-state index in [9.17, 15) is 5.26 Å². The molecule has 6 heteroatoms. The van der Waals surface area contributed by atoms with Gasteiger partial charge in [-0.3, -0.25) is 0 Å². The molecule has 0 radical (unpaired) electrons. The Balaban J connectivity index is 2.23. The van der Waals surface area contributed by atoms with Gasteiger partial charge in [-0.2, -0.15) is 5.26 Å². The lowest BCUT2D eigenvalue weighted by molar-refractivity contribution is 0.923. The van der Waals surface area contributed by atoms with Crippen molar-refractivity contribution in [3.8, 4) is 6.07 Å². The van der Waals surface area contributed by atoms with Crippen molar-refractivity contribution in [1.29, 1.82) is 5.26 Å². The molecule has 1 heterocycles. The summed E-state index contributed by atoms with van der Waals surface area (Å²) in [6.07, 6.45) is 0. The number of hydrogen-bond acceptors (Lipinski definition) is 4. The molecule has 0 spiro atoms. The van der Waals surface area contributed by atoms with E-state index >= 15 is 0 Å². The second-order valence-electron chi connectivity index (χ2n) is 4.19. The Bertz CT molecular complexity index is 696. The first kappa shape index (κ1) is 15.1. The van der Waals surface area contributed by atoms with Crippen LogP contribution in [0.5, 0.6) is 0 Å². The van der Waals surface area contributed by atoms with Crippen molar-refractivity contribution in [3.05, 3.63) is 50.9 Å². The highest BCUT2D eigenvalue weighted by Gasteiger charge is 2.11. The number of benzene rings is 1. The van der Waals surface area contributed by atoms with Crippen molar-refractivity contribution < 1.29 is 0 Å². The predicted molar refractivity (Wildman–Crippen MR) is 82.2 cm³/mol. The number of aromatic nitrogens is 2. The van der Waals surface area contributed by atoms with Crippen LogP contribution in [0, 0.1) is 25.2 Å². The minimum atomic E-state index is 0.528.